The maximum Gasteiger partial charge on any atom is 0.408 e. The number of ether oxygens (including phenoxy) is 2. The van der Waals surface area contributed by atoms with Gasteiger partial charge in [-0.2, -0.15) is 0 Å². The lowest BCUT2D eigenvalue weighted by Gasteiger charge is -2.22. The van der Waals surface area contributed by atoms with Gasteiger partial charge < -0.3 is 14.8 Å². The van der Waals surface area contributed by atoms with Gasteiger partial charge in [0, 0.05) is 6.61 Å². The normalized spacial score (nSPS) is 12.7. The maximum absolute atomic E-state index is 11.6. The molecule has 0 unspecified atom stereocenters. The number of carbonyl (C=O) groups excluding carboxylic acids is 2. The minimum absolute atomic E-state index is 0.0578. The molecular weight excluding hydrogens is 250 g/mol. The van der Waals surface area contributed by atoms with E-state index in [2.05, 4.69) is 5.32 Å². The number of unbranched alkanes of at least 4 members (excludes halogenated alkanes) is 1. The molecule has 0 aromatic rings. The first-order chi connectivity index (χ1) is 8.80. The van der Waals surface area contributed by atoms with E-state index in [1.807, 2.05) is 12.3 Å². The predicted molar refractivity (Wildman–Crippen MR) is 71.2 cm³/mol. The molecule has 0 saturated carbocycles. The summed E-state index contributed by atoms with van der Waals surface area (Å²) in [6.07, 6.45) is 1.21. The van der Waals surface area contributed by atoms with Gasteiger partial charge in [-0.05, 0) is 27.2 Å². The molecule has 0 aliphatic heterocycles. The third-order valence-corrected chi connectivity index (χ3v) is 2.08. The Morgan fingerprint density at radius 1 is 1.32 bits per heavy atom. The van der Waals surface area contributed by atoms with E-state index in [0.29, 0.717) is 6.61 Å². The fourth-order valence-corrected chi connectivity index (χ4v) is 1.18. The Balaban J connectivity index is 4.27. The fourth-order valence-electron chi connectivity index (χ4n) is 1.18. The van der Waals surface area contributed by atoms with Crippen molar-refractivity contribution < 1.29 is 19.1 Å². The second-order valence-corrected chi connectivity index (χ2v) is 5.14. The number of amides is 2. The summed E-state index contributed by atoms with van der Waals surface area (Å²) in [6, 6.07) is -0.864. The van der Waals surface area contributed by atoms with Crippen molar-refractivity contribution in [2.75, 3.05) is 13.2 Å². The smallest absolute Gasteiger partial charge is 0.408 e. The number of hydrogen-bond acceptors (Lipinski definition) is 5. The zero-order valence-electron chi connectivity index (χ0n) is 12.1. The lowest BCUT2D eigenvalue weighted by molar-refractivity contribution is -0.124. The summed E-state index contributed by atoms with van der Waals surface area (Å²) in [7, 11) is 0. The Hall–Kier alpha value is -1.34. The van der Waals surface area contributed by atoms with Crippen LogP contribution in [0.2, 0.25) is 0 Å². The molecule has 7 heteroatoms. The molecular formula is C12H25N3O4. The van der Waals surface area contributed by atoms with Gasteiger partial charge in [0.1, 0.15) is 11.6 Å². The van der Waals surface area contributed by atoms with Crippen molar-refractivity contribution in [3.8, 4) is 0 Å². The van der Waals surface area contributed by atoms with Crippen LogP contribution in [0.3, 0.4) is 0 Å². The fraction of sp³-hybridized carbons (Fsp3) is 0.833. The highest BCUT2D eigenvalue weighted by molar-refractivity contribution is 5.85. The third kappa shape index (κ3) is 9.26. The van der Waals surface area contributed by atoms with E-state index in [1.54, 1.807) is 20.8 Å². The molecule has 0 aliphatic rings. The van der Waals surface area contributed by atoms with Crippen molar-refractivity contribution in [2.24, 2.45) is 5.84 Å². The minimum Gasteiger partial charge on any atom is -0.444 e. The molecule has 7 nitrogen and oxygen atoms in total. The monoisotopic (exact) mass is 275 g/mol. The molecule has 2 amide bonds. The van der Waals surface area contributed by atoms with Gasteiger partial charge in [0.25, 0.3) is 5.91 Å². The molecule has 0 heterocycles. The zero-order valence-corrected chi connectivity index (χ0v) is 12.1. The van der Waals surface area contributed by atoms with Crippen LogP contribution in [0.15, 0.2) is 0 Å². The van der Waals surface area contributed by atoms with E-state index in [4.69, 9.17) is 15.3 Å². The lowest BCUT2D eigenvalue weighted by atomic mass is 10.2. The van der Waals surface area contributed by atoms with Crippen LogP contribution in [-0.4, -0.2) is 36.9 Å². The zero-order chi connectivity index (χ0) is 14.9. The molecule has 0 aromatic carbocycles. The third-order valence-electron chi connectivity index (χ3n) is 2.08. The van der Waals surface area contributed by atoms with Crippen LogP contribution in [0.5, 0.6) is 0 Å². The number of hydrazine groups is 1. The van der Waals surface area contributed by atoms with Crippen LogP contribution in [-0.2, 0) is 14.3 Å². The first-order valence-electron chi connectivity index (χ1n) is 6.38. The van der Waals surface area contributed by atoms with Gasteiger partial charge >= 0.3 is 6.09 Å². The van der Waals surface area contributed by atoms with Crippen LogP contribution in [0.25, 0.3) is 0 Å². The number of rotatable bonds is 7. The molecule has 0 radical (unpaired) electrons. The lowest BCUT2D eigenvalue weighted by Crippen LogP contribution is -2.52. The van der Waals surface area contributed by atoms with Gasteiger partial charge in [-0.15, -0.1) is 0 Å². The van der Waals surface area contributed by atoms with Gasteiger partial charge in [0.05, 0.1) is 6.61 Å². The summed E-state index contributed by atoms with van der Waals surface area (Å²) in [5.41, 5.74) is 1.36. The van der Waals surface area contributed by atoms with E-state index in [1.165, 1.54) is 0 Å². The van der Waals surface area contributed by atoms with Crippen molar-refractivity contribution in [2.45, 2.75) is 52.2 Å². The summed E-state index contributed by atoms with van der Waals surface area (Å²) < 4.78 is 10.4. The number of hydrogen-bond donors (Lipinski definition) is 3. The molecule has 0 bridgehead atoms. The molecule has 4 N–H and O–H groups in total. The Morgan fingerprint density at radius 3 is 2.42 bits per heavy atom. The van der Waals surface area contributed by atoms with E-state index in [0.717, 1.165) is 12.8 Å². The molecule has 0 fully saturated rings. The van der Waals surface area contributed by atoms with Crippen molar-refractivity contribution in [3.05, 3.63) is 0 Å². The number of nitrogens with two attached hydrogens (primary N) is 1. The largest absolute Gasteiger partial charge is 0.444 e. The summed E-state index contributed by atoms with van der Waals surface area (Å²) in [5, 5.41) is 2.42. The Bertz CT molecular complexity index is 289. The number of alkyl carbamates (subject to hydrolysis) is 1. The van der Waals surface area contributed by atoms with Crippen molar-refractivity contribution >= 4 is 12.0 Å². The van der Waals surface area contributed by atoms with Crippen LogP contribution in [0.1, 0.15) is 40.5 Å². The van der Waals surface area contributed by atoms with Crippen LogP contribution in [0.4, 0.5) is 4.79 Å². The van der Waals surface area contributed by atoms with Crippen molar-refractivity contribution in [3.63, 3.8) is 0 Å². The van der Waals surface area contributed by atoms with E-state index >= 15 is 0 Å². The summed E-state index contributed by atoms with van der Waals surface area (Å²) >= 11 is 0. The van der Waals surface area contributed by atoms with E-state index in [-0.39, 0.29) is 6.61 Å². The highest BCUT2D eigenvalue weighted by atomic mass is 16.6. The van der Waals surface area contributed by atoms with Gasteiger partial charge in [-0.3, -0.25) is 10.2 Å². The van der Waals surface area contributed by atoms with Gasteiger partial charge in [0.15, 0.2) is 0 Å². The van der Waals surface area contributed by atoms with E-state index < -0.39 is 23.6 Å². The van der Waals surface area contributed by atoms with Crippen LogP contribution < -0.4 is 16.6 Å². The Labute approximate surface area is 114 Å². The Kier molecular flexibility index (Phi) is 8.09. The van der Waals surface area contributed by atoms with Crippen molar-refractivity contribution in [1.82, 2.24) is 10.7 Å². The predicted octanol–water partition coefficient (Wildman–Crippen LogP) is 0.686. The molecule has 0 saturated heterocycles. The van der Waals surface area contributed by atoms with Gasteiger partial charge in [-0.25, -0.2) is 10.6 Å². The highest BCUT2D eigenvalue weighted by Crippen LogP contribution is 2.06. The Morgan fingerprint density at radius 2 is 1.95 bits per heavy atom. The maximum atomic E-state index is 11.6. The number of nitrogens with one attached hydrogen (secondary N) is 2. The summed E-state index contributed by atoms with van der Waals surface area (Å²) in [5.74, 6) is 4.53. The van der Waals surface area contributed by atoms with Crippen molar-refractivity contribution in [1.29, 1.82) is 0 Å². The average Bonchev–Trinajstić information content (AvgIpc) is 2.29. The molecule has 112 valence electrons. The molecule has 19 heavy (non-hydrogen) atoms. The second kappa shape index (κ2) is 8.71. The topological polar surface area (TPSA) is 103 Å². The second-order valence-electron chi connectivity index (χ2n) is 5.14. The van der Waals surface area contributed by atoms with Crippen LogP contribution in [0, 0.1) is 0 Å². The molecule has 0 aliphatic carbocycles. The summed E-state index contributed by atoms with van der Waals surface area (Å²) in [6.45, 7) is 7.84. The highest BCUT2D eigenvalue weighted by Gasteiger charge is 2.23. The number of carbonyl (C=O) groups is 2. The van der Waals surface area contributed by atoms with Crippen LogP contribution >= 0.6 is 0 Å². The quantitative estimate of drug-likeness (QED) is 0.274. The van der Waals surface area contributed by atoms with Gasteiger partial charge in [-0.1, -0.05) is 13.3 Å². The molecule has 0 rings (SSSR count). The van der Waals surface area contributed by atoms with E-state index in [9.17, 15) is 9.59 Å². The first kappa shape index (κ1) is 17.7. The van der Waals surface area contributed by atoms with Gasteiger partial charge in [0.2, 0.25) is 0 Å². The molecule has 0 spiro atoms. The molecule has 1 atom stereocenters. The minimum atomic E-state index is -0.864. The average molecular weight is 275 g/mol. The molecule has 0 aromatic heterocycles. The SMILES string of the molecule is CCCCOC[C@@H](NC(=O)OC(C)(C)C)C(=O)NN. The summed E-state index contributed by atoms with van der Waals surface area (Å²) in [4.78, 5) is 23.1. The standard InChI is InChI=1S/C12H25N3O4/c1-5-6-7-18-8-9(10(16)15-13)14-11(17)19-12(2,3)4/h9H,5-8,13H2,1-4H3,(H,14,17)(H,15,16)/t9-/m1/s1. The first-order valence-corrected chi connectivity index (χ1v) is 6.38.